The van der Waals surface area contributed by atoms with Gasteiger partial charge in [-0.3, -0.25) is 14.5 Å². The highest BCUT2D eigenvalue weighted by atomic mass is 16.5. The summed E-state index contributed by atoms with van der Waals surface area (Å²) in [6.45, 7) is 7.77. The van der Waals surface area contributed by atoms with E-state index in [1.54, 1.807) is 23.8 Å². The Kier molecular flexibility index (Phi) is 7.79. The fraction of sp³-hybridized carbons (Fsp3) is 0.273. The molecule has 1 aliphatic carbocycles. The topological polar surface area (TPSA) is 88.2 Å². The zero-order valence-electron chi connectivity index (χ0n) is 22.9. The van der Waals surface area contributed by atoms with Gasteiger partial charge >= 0.3 is 0 Å². The molecule has 0 bridgehead atoms. The molecule has 2 aliphatic rings. The average molecular weight is 533 g/mol. The van der Waals surface area contributed by atoms with Crippen molar-refractivity contribution in [2.75, 3.05) is 6.61 Å². The second-order valence-corrected chi connectivity index (χ2v) is 10.2. The molecule has 2 amide bonds. The Labute approximate surface area is 234 Å². The average Bonchev–Trinajstić information content (AvgIpc) is 3.40. The molecule has 202 valence electrons. The number of nitrogens with zero attached hydrogens (tertiary/aromatic N) is 4. The first kappa shape index (κ1) is 26.9. The molecule has 3 aromatic rings. The molecule has 2 heterocycles. The number of aryl methyl sites for hydroxylation is 1. The van der Waals surface area contributed by atoms with Crippen LogP contribution in [-0.2, 0) is 9.59 Å². The maximum absolute atomic E-state index is 13.9. The predicted octanol–water partition coefficient (Wildman–Crippen LogP) is 6.34. The summed E-state index contributed by atoms with van der Waals surface area (Å²) in [6, 6.07) is 17.5. The van der Waals surface area contributed by atoms with Gasteiger partial charge in [-0.25, -0.2) is 4.68 Å². The molecule has 40 heavy (non-hydrogen) atoms. The van der Waals surface area contributed by atoms with Gasteiger partial charge in [0.1, 0.15) is 24.0 Å². The minimum atomic E-state index is -0.486. The quantitative estimate of drug-likeness (QED) is 0.201. The number of hydrogen-bond donors (Lipinski definition) is 0. The van der Waals surface area contributed by atoms with Crippen molar-refractivity contribution in [3.63, 3.8) is 0 Å². The molecule has 5 rings (SSSR count). The van der Waals surface area contributed by atoms with Crippen molar-refractivity contribution in [3.05, 3.63) is 95.2 Å². The minimum Gasteiger partial charge on any atom is -0.489 e. The zero-order chi connectivity index (χ0) is 28.2. The van der Waals surface area contributed by atoms with E-state index in [0.717, 1.165) is 54.7 Å². The molecule has 1 saturated carbocycles. The van der Waals surface area contributed by atoms with Crippen molar-refractivity contribution < 1.29 is 14.3 Å². The molecular formula is C33H32N4O3. The van der Waals surface area contributed by atoms with Gasteiger partial charge in [-0.15, -0.1) is 0 Å². The number of para-hydroxylation sites is 1. The Morgan fingerprint density at radius 2 is 1.82 bits per heavy atom. The van der Waals surface area contributed by atoms with E-state index in [1.165, 1.54) is 4.90 Å². The van der Waals surface area contributed by atoms with E-state index in [4.69, 9.17) is 9.84 Å². The molecular weight excluding hydrogens is 500 g/mol. The van der Waals surface area contributed by atoms with Gasteiger partial charge in [-0.1, -0.05) is 50.1 Å². The summed E-state index contributed by atoms with van der Waals surface area (Å²) in [5.74, 6) is -0.0799. The van der Waals surface area contributed by atoms with Crippen molar-refractivity contribution in [1.82, 2.24) is 14.7 Å². The Bertz CT molecular complexity index is 1570. The van der Waals surface area contributed by atoms with Crippen LogP contribution in [0.25, 0.3) is 23.0 Å². The van der Waals surface area contributed by atoms with Crippen LogP contribution in [0.2, 0.25) is 0 Å². The lowest BCUT2D eigenvalue weighted by atomic mass is 9.88. The lowest BCUT2D eigenvalue weighted by molar-refractivity contribution is -0.143. The number of benzene rings is 2. The maximum atomic E-state index is 13.9. The molecule has 0 atom stereocenters. The summed E-state index contributed by atoms with van der Waals surface area (Å²) in [7, 11) is 0. The summed E-state index contributed by atoms with van der Waals surface area (Å²) in [4.78, 5) is 28.5. The summed E-state index contributed by atoms with van der Waals surface area (Å²) in [5, 5.41) is 14.8. The van der Waals surface area contributed by atoms with E-state index in [1.807, 2.05) is 61.7 Å². The maximum Gasteiger partial charge on any atom is 0.271 e. The number of hydrogen-bond acceptors (Lipinski definition) is 5. The molecule has 0 radical (unpaired) electrons. The number of nitriles is 1. The molecule has 1 aromatic heterocycles. The number of aromatic nitrogens is 2. The van der Waals surface area contributed by atoms with Crippen LogP contribution < -0.4 is 4.74 Å². The van der Waals surface area contributed by atoms with Crippen LogP contribution in [0.15, 0.2) is 84.1 Å². The predicted molar refractivity (Wildman–Crippen MR) is 154 cm³/mol. The van der Waals surface area contributed by atoms with E-state index in [2.05, 4.69) is 12.6 Å². The number of imide groups is 1. The summed E-state index contributed by atoms with van der Waals surface area (Å²) < 4.78 is 7.54. The monoisotopic (exact) mass is 532 g/mol. The largest absolute Gasteiger partial charge is 0.489 e. The number of carbonyl (C=O) groups excluding carboxylic acids is 2. The molecule has 7 heteroatoms. The van der Waals surface area contributed by atoms with Gasteiger partial charge < -0.3 is 4.74 Å². The summed E-state index contributed by atoms with van der Waals surface area (Å²) in [5.41, 5.74) is 4.82. The Morgan fingerprint density at radius 3 is 2.50 bits per heavy atom. The van der Waals surface area contributed by atoms with Gasteiger partial charge in [0.25, 0.3) is 11.8 Å². The highest BCUT2D eigenvalue weighted by molar-refractivity contribution is 6.20. The zero-order valence-corrected chi connectivity index (χ0v) is 22.9. The van der Waals surface area contributed by atoms with Crippen molar-refractivity contribution in [1.29, 1.82) is 5.26 Å². The van der Waals surface area contributed by atoms with Gasteiger partial charge in [-0.05, 0) is 74.2 Å². The SMILES string of the molecule is C=CCOc1ccc(-c2nn(-c3ccccc3)cc2/C=C2/C(=O)N(C3CCCCC3)C(=O)C(C#N)=C2C)cc1C. The summed E-state index contributed by atoms with van der Waals surface area (Å²) >= 11 is 0. The Balaban J connectivity index is 1.65. The lowest BCUT2D eigenvalue weighted by Crippen LogP contribution is -2.49. The van der Waals surface area contributed by atoms with Crippen LogP contribution >= 0.6 is 0 Å². The molecule has 0 N–H and O–H groups in total. The smallest absolute Gasteiger partial charge is 0.271 e. The van der Waals surface area contributed by atoms with Gasteiger partial charge in [0.2, 0.25) is 0 Å². The minimum absolute atomic E-state index is 0.0213. The van der Waals surface area contributed by atoms with Gasteiger partial charge in [0.15, 0.2) is 0 Å². The molecule has 1 fully saturated rings. The van der Waals surface area contributed by atoms with Crippen molar-refractivity contribution >= 4 is 17.9 Å². The van der Waals surface area contributed by atoms with Crippen LogP contribution in [0.3, 0.4) is 0 Å². The number of rotatable bonds is 7. The first-order valence-corrected chi connectivity index (χ1v) is 13.6. The molecule has 1 aliphatic heterocycles. The number of carbonyl (C=O) groups is 2. The van der Waals surface area contributed by atoms with Crippen LogP contribution in [0.5, 0.6) is 5.75 Å². The molecule has 0 unspecified atom stereocenters. The summed E-state index contributed by atoms with van der Waals surface area (Å²) in [6.07, 6.45) is 9.90. The standard InChI is InChI=1S/C33H32N4O3/c1-4-17-40-30-16-15-24(18-22(30)2)31-25(21-36(35-31)26-11-7-5-8-12-26)19-28-23(3)29(20-34)33(39)37(32(28)38)27-13-9-6-10-14-27/h4-5,7-8,11-12,15-16,18-19,21,27H,1,6,9-10,13-14,17H2,2-3H3/b28-19+. The third-order valence-corrected chi connectivity index (χ3v) is 7.58. The molecule has 7 nitrogen and oxygen atoms in total. The van der Waals surface area contributed by atoms with Crippen LogP contribution in [0.1, 0.15) is 50.2 Å². The van der Waals surface area contributed by atoms with Gasteiger partial charge in [0, 0.05) is 28.9 Å². The van der Waals surface area contributed by atoms with E-state index in [0.29, 0.717) is 29.0 Å². The third-order valence-electron chi connectivity index (χ3n) is 7.58. The van der Waals surface area contributed by atoms with Crippen molar-refractivity contribution in [2.45, 2.75) is 52.0 Å². The fourth-order valence-corrected chi connectivity index (χ4v) is 5.46. The Morgan fingerprint density at radius 1 is 1.07 bits per heavy atom. The number of ether oxygens (including phenoxy) is 1. The van der Waals surface area contributed by atoms with E-state index in [-0.39, 0.29) is 17.5 Å². The lowest BCUT2D eigenvalue weighted by Gasteiger charge is -2.36. The van der Waals surface area contributed by atoms with Crippen LogP contribution in [0, 0.1) is 18.3 Å². The first-order chi connectivity index (χ1) is 19.4. The second kappa shape index (κ2) is 11.6. The Hall–Kier alpha value is -4.70. The van der Waals surface area contributed by atoms with Crippen LogP contribution in [0.4, 0.5) is 0 Å². The van der Waals surface area contributed by atoms with Gasteiger partial charge in [0.05, 0.1) is 11.4 Å². The second-order valence-electron chi connectivity index (χ2n) is 10.2. The molecule has 2 aromatic carbocycles. The van der Waals surface area contributed by atoms with Crippen molar-refractivity contribution in [2.24, 2.45) is 0 Å². The highest BCUT2D eigenvalue weighted by Gasteiger charge is 2.40. The molecule has 0 spiro atoms. The van der Waals surface area contributed by atoms with E-state index in [9.17, 15) is 14.9 Å². The van der Waals surface area contributed by atoms with Gasteiger partial charge in [-0.2, -0.15) is 10.4 Å². The molecule has 0 saturated heterocycles. The van der Waals surface area contributed by atoms with Crippen LogP contribution in [-0.4, -0.2) is 39.1 Å². The van der Waals surface area contributed by atoms with Crippen molar-refractivity contribution in [3.8, 4) is 28.8 Å². The highest BCUT2D eigenvalue weighted by Crippen LogP contribution is 2.35. The fourth-order valence-electron chi connectivity index (χ4n) is 5.46. The van der Waals surface area contributed by atoms with E-state index >= 15 is 0 Å². The third kappa shape index (κ3) is 5.13. The normalized spacial score (nSPS) is 17.3. The first-order valence-electron chi connectivity index (χ1n) is 13.6. The number of amides is 2. The van der Waals surface area contributed by atoms with E-state index < -0.39 is 5.91 Å².